The van der Waals surface area contributed by atoms with Gasteiger partial charge in [0.15, 0.2) is 0 Å². The van der Waals surface area contributed by atoms with Gasteiger partial charge in [-0.05, 0) is 75.9 Å². The zero-order valence-corrected chi connectivity index (χ0v) is 31.0. The third-order valence-electron chi connectivity index (χ3n) is 10.2. The molecule has 0 bridgehead atoms. The van der Waals surface area contributed by atoms with Crippen molar-refractivity contribution in [3.05, 3.63) is 95.1 Å². The van der Waals surface area contributed by atoms with Crippen molar-refractivity contribution in [3.8, 4) is 0 Å². The van der Waals surface area contributed by atoms with Gasteiger partial charge < -0.3 is 18.1 Å². The third-order valence-corrected chi connectivity index (χ3v) is 11.9. The van der Waals surface area contributed by atoms with E-state index in [1.54, 1.807) is 35.4 Å². The molecule has 2 aliphatic rings. The van der Waals surface area contributed by atoms with E-state index in [1.807, 2.05) is 13.8 Å². The summed E-state index contributed by atoms with van der Waals surface area (Å²) in [5.41, 5.74) is 4.99. The normalized spacial score (nSPS) is 16.8. The molecule has 0 radical (unpaired) electrons. The standard InChI is InChI=1S/C24H42N2.2C7H8O3S/c1-3-25(16-5-6-17-25)20-10-14-23-12-9-13-24(22-23)15-11-21-26(4-2)18-7-8-19-26;2*1-6-2-4-7(5-3-6)11(8,9)10/h9,12-13,22H,3-8,10-11,14-21H2,1-2H3;2*2-5H,1H3,(H,8,9,10)/q+2;;/p-2. The van der Waals surface area contributed by atoms with Crippen molar-refractivity contribution >= 4 is 20.2 Å². The van der Waals surface area contributed by atoms with E-state index >= 15 is 0 Å². The molecular weight excluding hydrogens is 645 g/mol. The van der Waals surface area contributed by atoms with Crippen LogP contribution in [0.25, 0.3) is 0 Å². The Labute approximate surface area is 290 Å². The van der Waals surface area contributed by atoms with Gasteiger partial charge in [0.1, 0.15) is 20.2 Å². The fourth-order valence-electron chi connectivity index (χ4n) is 7.00. The van der Waals surface area contributed by atoms with Crippen LogP contribution < -0.4 is 0 Å². The van der Waals surface area contributed by atoms with Gasteiger partial charge in [0.2, 0.25) is 0 Å². The topological polar surface area (TPSA) is 114 Å². The maximum absolute atomic E-state index is 10.4. The first kappa shape index (κ1) is 39.8. The Balaban J connectivity index is 0.000000233. The Morgan fingerprint density at radius 2 is 0.896 bits per heavy atom. The third kappa shape index (κ3) is 13.0. The SMILES string of the molecule is CC[N+]1(CCCc2cccc(CCC[N+]3(CC)CCCC3)c2)CCCC1.Cc1ccc(S(=O)(=O)[O-])cc1.Cc1ccc(S(=O)(=O)[O-])cc1. The van der Waals surface area contributed by atoms with Crippen LogP contribution in [0.4, 0.5) is 0 Å². The summed E-state index contributed by atoms with van der Waals surface area (Å²) in [4.78, 5) is -0.355. The minimum atomic E-state index is -4.27. The van der Waals surface area contributed by atoms with Crippen LogP contribution in [-0.2, 0) is 33.1 Å². The summed E-state index contributed by atoms with van der Waals surface area (Å²) in [6.45, 7) is 19.5. The number of nitrogens with zero attached hydrogens (tertiary/aromatic N) is 2. The van der Waals surface area contributed by atoms with E-state index in [9.17, 15) is 25.9 Å². The number of benzene rings is 3. The average Bonchev–Trinajstić information content (AvgIpc) is 3.73. The second-order valence-electron chi connectivity index (χ2n) is 13.6. The lowest BCUT2D eigenvalue weighted by atomic mass is 10.0. The molecule has 8 nitrogen and oxygen atoms in total. The van der Waals surface area contributed by atoms with Gasteiger partial charge in [0.05, 0.1) is 62.1 Å². The van der Waals surface area contributed by atoms with Crippen molar-refractivity contribution in [2.75, 3.05) is 52.4 Å². The molecule has 3 aromatic rings. The predicted molar refractivity (Wildman–Crippen MR) is 191 cm³/mol. The lowest BCUT2D eigenvalue weighted by Crippen LogP contribution is -2.45. The molecule has 5 rings (SSSR count). The Bertz CT molecular complexity index is 1490. The number of hydrogen-bond acceptors (Lipinski definition) is 6. The summed E-state index contributed by atoms with van der Waals surface area (Å²) in [7, 11) is -8.54. The second kappa shape index (κ2) is 18.4. The molecule has 2 saturated heterocycles. The van der Waals surface area contributed by atoms with Crippen LogP contribution in [0.1, 0.15) is 74.6 Å². The van der Waals surface area contributed by atoms with Gasteiger partial charge in [-0.3, -0.25) is 0 Å². The predicted octanol–water partition coefficient (Wildman–Crippen LogP) is 6.61. The van der Waals surface area contributed by atoms with Gasteiger partial charge in [-0.2, -0.15) is 0 Å². The van der Waals surface area contributed by atoms with Crippen molar-refractivity contribution in [1.82, 2.24) is 0 Å². The zero-order chi connectivity index (χ0) is 35.3. The van der Waals surface area contributed by atoms with Gasteiger partial charge in [-0.15, -0.1) is 0 Å². The summed E-state index contributed by atoms with van der Waals surface area (Å²) in [5, 5.41) is 0. The molecule has 0 spiro atoms. The lowest BCUT2D eigenvalue weighted by molar-refractivity contribution is -0.915. The maximum atomic E-state index is 10.4. The number of hydrogen-bond donors (Lipinski definition) is 0. The highest BCUT2D eigenvalue weighted by Crippen LogP contribution is 2.22. The number of rotatable bonds is 12. The van der Waals surface area contributed by atoms with Crippen LogP contribution in [-0.4, -0.2) is 87.3 Å². The van der Waals surface area contributed by atoms with E-state index in [0.717, 1.165) is 11.1 Å². The van der Waals surface area contributed by atoms with Crippen LogP contribution in [0.3, 0.4) is 0 Å². The number of likely N-dealkylation sites (tertiary alicyclic amines) is 2. The maximum Gasteiger partial charge on any atom is 0.124 e. The molecule has 2 fully saturated rings. The summed E-state index contributed by atoms with van der Waals surface area (Å²) < 4.78 is 65.1. The Morgan fingerprint density at radius 3 is 1.19 bits per heavy atom. The summed E-state index contributed by atoms with van der Waals surface area (Å²) in [6.07, 6.45) is 11.0. The molecule has 48 heavy (non-hydrogen) atoms. The Kier molecular flexibility index (Phi) is 15.3. The fraction of sp³-hybridized carbons (Fsp3) is 0.526. The molecule has 2 aliphatic heterocycles. The fourth-order valence-corrected chi connectivity index (χ4v) is 7.93. The molecule has 3 aromatic carbocycles. The molecule has 0 aromatic heterocycles. The number of aryl methyl sites for hydroxylation is 4. The monoisotopic (exact) mass is 700 g/mol. The van der Waals surface area contributed by atoms with E-state index in [4.69, 9.17) is 0 Å². The molecule has 266 valence electrons. The molecule has 0 unspecified atom stereocenters. The molecule has 0 saturated carbocycles. The molecule has 0 aliphatic carbocycles. The van der Waals surface area contributed by atoms with Crippen molar-refractivity contribution in [2.45, 2.75) is 88.9 Å². The highest BCUT2D eigenvalue weighted by Gasteiger charge is 2.30. The lowest BCUT2D eigenvalue weighted by Gasteiger charge is -2.33. The highest BCUT2D eigenvalue weighted by molar-refractivity contribution is 7.86. The van der Waals surface area contributed by atoms with E-state index in [1.165, 1.54) is 137 Å². The zero-order valence-electron chi connectivity index (χ0n) is 29.4. The summed E-state index contributed by atoms with van der Waals surface area (Å²) >= 11 is 0. The Morgan fingerprint density at radius 1 is 0.562 bits per heavy atom. The summed E-state index contributed by atoms with van der Waals surface area (Å²) in [5.74, 6) is 0. The molecular formula is C38H56N2O6S2. The van der Waals surface area contributed by atoms with E-state index in [-0.39, 0.29) is 9.79 Å². The van der Waals surface area contributed by atoms with Crippen molar-refractivity contribution in [1.29, 1.82) is 0 Å². The molecule has 2 heterocycles. The molecule has 0 N–H and O–H groups in total. The Hall–Kier alpha value is -2.60. The van der Waals surface area contributed by atoms with Gasteiger partial charge in [-0.1, -0.05) is 59.7 Å². The summed E-state index contributed by atoms with van der Waals surface area (Å²) in [6, 6.07) is 21.1. The number of quaternary nitrogens is 2. The van der Waals surface area contributed by atoms with Gasteiger partial charge in [0.25, 0.3) is 0 Å². The first-order valence-electron chi connectivity index (χ1n) is 17.5. The second-order valence-corrected chi connectivity index (χ2v) is 16.4. The van der Waals surface area contributed by atoms with Crippen LogP contribution in [0.2, 0.25) is 0 Å². The van der Waals surface area contributed by atoms with E-state index < -0.39 is 20.2 Å². The highest BCUT2D eigenvalue weighted by atomic mass is 32.2. The molecule has 10 heteroatoms. The van der Waals surface area contributed by atoms with Crippen molar-refractivity contribution < 1.29 is 34.9 Å². The van der Waals surface area contributed by atoms with Crippen LogP contribution >= 0.6 is 0 Å². The van der Waals surface area contributed by atoms with Crippen LogP contribution in [0, 0.1) is 13.8 Å². The minimum absolute atomic E-state index is 0.178. The van der Waals surface area contributed by atoms with Gasteiger partial charge in [0, 0.05) is 38.5 Å². The van der Waals surface area contributed by atoms with Crippen LogP contribution in [0.15, 0.2) is 82.6 Å². The molecule has 0 atom stereocenters. The average molecular weight is 701 g/mol. The minimum Gasteiger partial charge on any atom is -0.744 e. The smallest absolute Gasteiger partial charge is 0.124 e. The largest absolute Gasteiger partial charge is 0.744 e. The van der Waals surface area contributed by atoms with Crippen molar-refractivity contribution in [3.63, 3.8) is 0 Å². The van der Waals surface area contributed by atoms with Crippen LogP contribution in [0.5, 0.6) is 0 Å². The quantitative estimate of drug-likeness (QED) is 0.155. The first-order chi connectivity index (χ1) is 22.7. The van der Waals surface area contributed by atoms with E-state index in [0.29, 0.717) is 0 Å². The van der Waals surface area contributed by atoms with E-state index in [2.05, 4.69) is 38.1 Å². The van der Waals surface area contributed by atoms with Crippen molar-refractivity contribution in [2.24, 2.45) is 0 Å². The molecule has 0 amide bonds. The van der Waals surface area contributed by atoms with Gasteiger partial charge >= 0.3 is 0 Å². The van der Waals surface area contributed by atoms with Gasteiger partial charge in [-0.25, -0.2) is 16.8 Å². The first-order valence-corrected chi connectivity index (χ1v) is 20.3.